The Morgan fingerprint density at radius 3 is 1.60 bits per heavy atom. The second kappa shape index (κ2) is 35.0. The Labute approximate surface area is 309 Å². The number of carbonyl (C=O) groups excluding carboxylic acids is 1. The zero-order valence-corrected chi connectivity index (χ0v) is 34.3. The third kappa shape index (κ3) is 38.2. The minimum Gasteiger partial charge on any atom is -0.457 e. The van der Waals surface area contributed by atoms with Crippen LogP contribution in [0.4, 0.5) is 0 Å². The molecule has 0 amide bonds. The molecule has 0 aliphatic rings. The zero-order valence-electron chi connectivity index (χ0n) is 33.4. The van der Waals surface area contributed by atoms with Crippen molar-refractivity contribution in [1.29, 1.82) is 0 Å². The third-order valence-corrected chi connectivity index (χ3v) is 9.75. The van der Waals surface area contributed by atoms with E-state index in [1.54, 1.807) is 0 Å². The molecule has 0 spiro atoms. The van der Waals surface area contributed by atoms with Crippen molar-refractivity contribution in [1.82, 2.24) is 0 Å². The van der Waals surface area contributed by atoms with E-state index in [2.05, 4.69) is 31.2 Å². The number of hydrogen-bond donors (Lipinski definition) is 1. The van der Waals surface area contributed by atoms with E-state index in [-0.39, 0.29) is 25.8 Å². The van der Waals surface area contributed by atoms with E-state index in [9.17, 15) is 14.3 Å². The van der Waals surface area contributed by atoms with Gasteiger partial charge in [-0.15, -0.1) is 0 Å². The van der Waals surface area contributed by atoms with Gasteiger partial charge in [0, 0.05) is 13.0 Å². The van der Waals surface area contributed by atoms with Crippen molar-refractivity contribution >= 4 is 13.8 Å². The number of nitrogens with zero attached hydrogens (tertiary/aromatic N) is 1. The molecular formula is C41H81NO7P+. The van der Waals surface area contributed by atoms with Crippen LogP contribution in [0, 0.1) is 0 Å². The molecule has 0 aromatic rings. The third-order valence-electron chi connectivity index (χ3n) is 8.77. The van der Waals surface area contributed by atoms with E-state index in [1.807, 2.05) is 28.1 Å². The van der Waals surface area contributed by atoms with Gasteiger partial charge in [0.05, 0.1) is 34.4 Å². The normalized spacial score (nSPS) is 14.1. The van der Waals surface area contributed by atoms with Crippen LogP contribution in [0.25, 0.3) is 0 Å². The molecule has 0 aliphatic heterocycles. The predicted octanol–water partition coefficient (Wildman–Crippen LogP) is 11.7. The number of likely N-dealkylation sites (N-methyl/N-ethyl adjacent to an activating group) is 1. The Bertz CT molecular complexity index is 858. The number of quaternary nitrogens is 1. The van der Waals surface area contributed by atoms with E-state index in [0.717, 1.165) is 32.1 Å². The average molecular weight is 731 g/mol. The number of unbranched alkanes of at least 4 members (excludes halogenated alkanes) is 20. The summed E-state index contributed by atoms with van der Waals surface area (Å²) in [5.74, 6) is -0.348. The molecule has 0 heterocycles. The molecule has 0 bridgehead atoms. The number of esters is 1. The van der Waals surface area contributed by atoms with Gasteiger partial charge in [-0.05, 0) is 44.9 Å². The van der Waals surface area contributed by atoms with E-state index >= 15 is 0 Å². The monoisotopic (exact) mass is 731 g/mol. The van der Waals surface area contributed by atoms with Crippen LogP contribution >= 0.6 is 7.82 Å². The lowest BCUT2D eigenvalue weighted by Crippen LogP contribution is -2.37. The average Bonchev–Trinajstić information content (AvgIpc) is 3.06. The number of allylic oxidation sites excluding steroid dienone is 4. The fraction of sp³-hybridized carbons (Fsp3) is 0.878. The summed E-state index contributed by atoms with van der Waals surface area (Å²) in [6.07, 6.45) is 39.0. The molecule has 9 heteroatoms. The SMILES string of the molecule is CCCCCCC/C=C\C/C=C\CCCCCCCCCCCCCCCCOCC(COP(=O)(O)OCC[N+](C)(C)C)OC(=O)CCCC. The summed E-state index contributed by atoms with van der Waals surface area (Å²) in [4.78, 5) is 22.2. The summed E-state index contributed by atoms with van der Waals surface area (Å²) in [6, 6.07) is 0. The molecule has 0 radical (unpaired) electrons. The van der Waals surface area contributed by atoms with Crippen LogP contribution in [0.15, 0.2) is 24.3 Å². The molecule has 0 saturated carbocycles. The first kappa shape index (κ1) is 49.0. The number of phosphoric acid groups is 1. The summed E-state index contributed by atoms with van der Waals surface area (Å²) < 4.78 is 34.4. The van der Waals surface area contributed by atoms with Gasteiger partial charge in [-0.1, -0.05) is 147 Å². The highest BCUT2D eigenvalue weighted by Gasteiger charge is 2.26. The maximum atomic E-state index is 12.3. The Balaban J connectivity index is 3.74. The summed E-state index contributed by atoms with van der Waals surface area (Å²) in [5.41, 5.74) is 0. The van der Waals surface area contributed by atoms with Crippen LogP contribution in [-0.2, 0) is 27.9 Å². The predicted molar refractivity (Wildman–Crippen MR) is 210 cm³/mol. The van der Waals surface area contributed by atoms with Gasteiger partial charge in [-0.2, -0.15) is 0 Å². The highest BCUT2D eigenvalue weighted by Crippen LogP contribution is 2.43. The van der Waals surface area contributed by atoms with Gasteiger partial charge >= 0.3 is 13.8 Å². The molecular weight excluding hydrogens is 649 g/mol. The molecule has 296 valence electrons. The number of phosphoric ester groups is 1. The molecule has 0 aromatic heterocycles. The standard InChI is InChI=1S/C41H80NO7P/c1-6-8-10-11-12-13-14-15-16-17-18-19-20-21-22-23-24-25-26-27-28-29-30-31-32-33-36-46-38-40(49-41(43)34-9-7-2)39-48-50(44,45)47-37-35-42(3,4)5/h14-15,17-18,40H,6-13,16,19-39H2,1-5H3/p+1/b15-14-,18-17-. The Morgan fingerprint density at radius 1 is 0.620 bits per heavy atom. The van der Waals surface area contributed by atoms with Gasteiger partial charge in [0.25, 0.3) is 0 Å². The van der Waals surface area contributed by atoms with Gasteiger partial charge in [0.2, 0.25) is 0 Å². The van der Waals surface area contributed by atoms with Crippen molar-refractivity contribution < 1.29 is 37.3 Å². The maximum absolute atomic E-state index is 12.3. The molecule has 8 nitrogen and oxygen atoms in total. The summed E-state index contributed by atoms with van der Waals surface area (Å²) in [5, 5.41) is 0. The first-order chi connectivity index (χ1) is 24.1. The second-order valence-electron chi connectivity index (χ2n) is 15.0. The molecule has 0 rings (SSSR count). The van der Waals surface area contributed by atoms with Crippen LogP contribution in [0.1, 0.15) is 174 Å². The van der Waals surface area contributed by atoms with Gasteiger partial charge < -0.3 is 18.9 Å². The van der Waals surface area contributed by atoms with E-state index in [1.165, 1.54) is 122 Å². The highest BCUT2D eigenvalue weighted by molar-refractivity contribution is 7.47. The number of hydrogen-bond acceptors (Lipinski definition) is 6. The lowest BCUT2D eigenvalue weighted by molar-refractivity contribution is -0.870. The topological polar surface area (TPSA) is 91.3 Å². The first-order valence-electron chi connectivity index (χ1n) is 20.6. The van der Waals surface area contributed by atoms with E-state index < -0.39 is 13.9 Å². The Kier molecular flexibility index (Phi) is 34.3. The molecule has 0 aliphatic carbocycles. The molecule has 0 fully saturated rings. The highest BCUT2D eigenvalue weighted by atomic mass is 31.2. The van der Waals surface area contributed by atoms with Gasteiger partial charge in [-0.3, -0.25) is 13.8 Å². The quantitative estimate of drug-likeness (QED) is 0.0222. The van der Waals surface area contributed by atoms with Crippen molar-refractivity contribution in [3.05, 3.63) is 24.3 Å². The molecule has 2 unspecified atom stereocenters. The molecule has 0 aromatic carbocycles. The largest absolute Gasteiger partial charge is 0.472 e. The molecule has 0 saturated heterocycles. The molecule has 2 atom stereocenters. The fourth-order valence-electron chi connectivity index (χ4n) is 5.50. The lowest BCUT2D eigenvalue weighted by atomic mass is 10.0. The summed E-state index contributed by atoms with van der Waals surface area (Å²) in [6.45, 7) is 5.38. The van der Waals surface area contributed by atoms with Crippen LogP contribution in [0.5, 0.6) is 0 Å². The van der Waals surface area contributed by atoms with Crippen LogP contribution in [0.3, 0.4) is 0 Å². The van der Waals surface area contributed by atoms with Crippen molar-refractivity contribution in [3.8, 4) is 0 Å². The van der Waals surface area contributed by atoms with Crippen molar-refractivity contribution in [3.63, 3.8) is 0 Å². The smallest absolute Gasteiger partial charge is 0.457 e. The summed E-state index contributed by atoms with van der Waals surface area (Å²) in [7, 11) is 1.67. The fourth-order valence-corrected chi connectivity index (χ4v) is 6.24. The summed E-state index contributed by atoms with van der Waals surface area (Å²) >= 11 is 0. The van der Waals surface area contributed by atoms with Crippen LogP contribution in [-0.4, -0.2) is 75.6 Å². The Morgan fingerprint density at radius 2 is 1.10 bits per heavy atom. The minimum absolute atomic E-state index is 0.0888. The van der Waals surface area contributed by atoms with Crippen molar-refractivity contribution in [2.75, 3.05) is 54.1 Å². The van der Waals surface area contributed by atoms with Crippen molar-refractivity contribution in [2.45, 2.75) is 180 Å². The number of carbonyl (C=O) groups is 1. The van der Waals surface area contributed by atoms with Crippen LogP contribution < -0.4 is 0 Å². The lowest BCUT2D eigenvalue weighted by Gasteiger charge is -2.24. The maximum Gasteiger partial charge on any atom is 0.472 e. The Hall–Kier alpha value is -1.02. The van der Waals surface area contributed by atoms with E-state index in [4.69, 9.17) is 18.5 Å². The van der Waals surface area contributed by atoms with Crippen LogP contribution in [0.2, 0.25) is 0 Å². The number of rotatable bonds is 38. The van der Waals surface area contributed by atoms with E-state index in [0.29, 0.717) is 24.1 Å². The molecule has 1 N–H and O–H groups in total. The first-order valence-corrected chi connectivity index (χ1v) is 22.1. The zero-order chi connectivity index (χ0) is 37.0. The second-order valence-corrected chi connectivity index (χ2v) is 16.5. The van der Waals surface area contributed by atoms with Gasteiger partial charge in [-0.25, -0.2) is 4.57 Å². The van der Waals surface area contributed by atoms with Gasteiger partial charge in [0.15, 0.2) is 0 Å². The number of ether oxygens (including phenoxy) is 2. The van der Waals surface area contributed by atoms with Gasteiger partial charge in [0.1, 0.15) is 19.3 Å². The minimum atomic E-state index is -4.24. The molecule has 50 heavy (non-hydrogen) atoms. The van der Waals surface area contributed by atoms with Crippen molar-refractivity contribution in [2.24, 2.45) is 0 Å².